The van der Waals surface area contributed by atoms with Gasteiger partial charge in [0, 0.05) is 18.7 Å². The van der Waals surface area contributed by atoms with Gasteiger partial charge in [0.2, 0.25) is 5.91 Å². The van der Waals surface area contributed by atoms with Crippen molar-refractivity contribution in [1.29, 1.82) is 0 Å². The van der Waals surface area contributed by atoms with Gasteiger partial charge in [0.25, 0.3) is 0 Å². The molecule has 0 aliphatic carbocycles. The Morgan fingerprint density at radius 1 is 1.14 bits per heavy atom. The minimum atomic E-state index is -0.751. The molecule has 0 radical (unpaired) electrons. The monoisotopic (exact) mass is 289 g/mol. The first kappa shape index (κ1) is 13.9. The van der Waals surface area contributed by atoms with Gasteiger partial charge in [-0.2, -0.15) is 0 Å². The number of likely N-dealkylation sites (tertiary alicyclic amines) is 1. The predicted octanol–water partition coefficient (Wildman–Crippen LogP) is 1.88. The highest BCUT2D eigenvalue weighted by Crippen LogP contribution is 2.35. The molecule has 1 aromatic carbocycles. The summed E-state index contributed by atoms with van der Waals surface area (Å²) in [6, 6.07) is 7.67. The van der Waals surface area contributed by atoms with Gasteiger partial charge in [0.1, 0.15) is 5.75 Å². The normalized spacial score (nSPS) is 22.3. The van der Waals surface area contributed by atoms with E-state index in [0.717, 1.165) is 11.3 Å². The van der Waals surface area contributed by atoms with Crippen LogP contribution in [0.25, 0.3) is 0 Å². The summed E-state index contributed by atoms with van der Waals surface area (Å²) in [4.78, 5) is 25.5. The Balaban J connectivity index is 1.71. The van der Waals surface area contributed by atoms with Crippen molar-refractivity contribution >= 4 is 11.9 Å². The van der Waals surface area contributed by atoms with Gasteiger partial charge in [0.05, 0.1) is 18.4 Å². The largest absolute Gasteiger partial charge is 0.493 e. The number of nitrogens with zero attached hydrogens (tertiary/aromatic N) is 1. The number of ether oxygens (including phenoxy) is 1. The third-order valence-electron chi connectivity index (χ3n) is 4.41. The smallest absolute Gasteiger partial charge is 0.306 e. The quantitative estimate of drug-likeness (QED) is 0.902. The van der Waals surface area contributed by atoms with Crippen LogP contribution in [-0.2, 0) is 9.59 Å². The molecule has 0 saturated carbocycles. The first-order valence-electron chi connectivity index (χ1n) is 7.40. The average molecular weight is 289 g/mol. The molecule has 1 amide bonds. The van der Waals surface area contributed by atoms with Gasteiger partial charge in [0.15, 0.2) is 0 Å². The number of hydrogen-bond donors (Lipinski definition) is 1. The highest BCUT2D eigenvalue weighted by molar-refractivity contribution is 5.85. The molecule has 0 aromatic heterocycles. The third-order valence-corrected chi connectivity index (χ3v) is 4.41. The van der Waals surface area contributed by atoms with Gasteiger partial charge in [-0.1, -0.05) is 18.2 Å². The number of carboxylic acids is 1. The van der Waals surface area contributed by atoms with Crippen LogP contribution in [0.15, 0.2) is 24.3 Å². The molecule has 21 heavy (non-hydrogen) atoms. The average Bonchev–Trinajstić information content (AvgIpc) is 2.53. The van der Waals surface area contributed by atoms with Gasteiger partial charge >= 0.3 is 5.97 Å². The Bertz CT molecular complexity index is 549. The molecule has 2 aliphatic heterocycles. The van der Waals surface area contributed by atoms with Crippen molar-refractivity contribution in [1.82, 2.24) is 4.90 Å². The molecule has 1 aromatic rings. The number of fused-ring (bicyclic) bond motifs is 1. The van der Waals surface area contributed by atoms with E-state index in [4.69, 9.17) is 9.84 Å². The predicted molar refractivity (Wildman–Crippen MR) is 76.2 cm³/mol. The fraction of sp³-hybridized carbons (Fsp3) is 0.500. The molecular weight excluding hydrogens is 270 g/mol. The zero-order chi connectivity index (χ0) is 14.8. The zero-order valence-electron chi connectivity index (χ0n) is 11.8. The number of carbonyl (C=O) groups is 2. The van der Waals surface area contributed by atoms with Crippen LogP contribution in [0.1, 0.15) is 30.7 Å². The SMILES string of the molecule is O=C(O)C1CCN(C(=O)C2CCOc3ccccc32)CC1. The molecule has 112 valence electrons. The van der Waals surface area contributed by atoms with Crippen LogP contribution >= 0.6 is 0 Å². The molecule has 2 heterocycles. The minimum Gasteiger partial charge on any atom is -0.493 e. The molecular formula is C16H19NO4. The Morgan fingerprint density at radius 2 is 1.86 bits per heavy atom. The molecule has 1 atom stereocenters. The van der Waals surface area contributed by atoms with Crippen LogP contribution in [-0.4, -0.2) is 41.6 Å². The lowest BCUT2D eigenvalue weighted by Crippen LogP contribution is -2.43. The number of benzene rings is 1. The van der Waals surface area contributed by atoms with E-state index < -0.39 is 5.97 Å². The topological polar surface area (TPSA) is 66.8 Å². The number of aliphatic carboxylic acids is 1. The zero-order valence-corrected chi connectivity index (χ0v) is 11.8. The second-order valence-electron chi connectivity index (χ2n) is 5.67. The first-order chi connectivity index (χ1) is 10.2. The van der Waals surface area contributed by atoms with E-state index in [1.165, 1.54) is 0 Å². The molecule has 2 aliphatic rings. The minimum absolute atomic E-state index is 0.106. The maximum atomic E-state index is 12.7. The van der Waals surface area contributed by atoms with Gasteiger partial charge in [-0.3, -0.25) is 9.59 Å². The van der Waals surface area contributed by atoms with Gasteiger partial charge in [-0.25, -0.2) is 0 Å². The van der Waals surface area contributed by atoms with Crippen molar-refractivity contribution in [3.63, 3.8) is 0 Å². The molecule has 1 saturated heterocycles. The highest BCUT2D eigenvalue weighted by Gasteiger charge is 2.33. The summed E-state index contributed by atoms with van der Waals surface area (Å²) in [5.41, 5.74) is 0.953. The Kier molecular flexibility index (Phi) is 3.82. The molecule has 1 unspecified atom stereocenters. The maximum absolute atomic E-state index is 12.7. The Labute approximate surface area is 123 Å². The molecule has 1 fully saturated rings. The van der Waals surface area contributed by atoms with Crippen molar-refractivity contribution in [3.8, 4) is 5.75 Å². The molecule has 3 rings (SSSR count). The van der Waals surface area contributed by atoms with Crippen LogP contribution in [0.3, 0.4) is 0 Å². The number of piperidine rings is 1. The number of hydrogen-bond acceptors (Lipinski definition) is 3. The second kappa shape index (κ2) is 5.76. The summed E-state index contributed by atoms with van der Waals surface area (Å²) in [5, 5.41) is 9.02. The van der Waals surface area contributed by atoms with Crippen molar-refractivity contribution in [2.24, 2.45) is 5.92 Å². The highest BCUT2D eigenvalue weighted by atomic mass is 16.5. The Morgan fingerprint density at radius 3 is 2.57 bits per heavy atom. The number of carboxylic acid groups (broad SMARTS) is 1. The number of para-hydroxylation sites is 1. The lowest BCUT2D eigenvalue weighted by atomic mass is 9.90. The summed E-state index contributed by atoms with van der Waals surface area (Å²) in [6.45, 7) is 1.63. The molecule has 5 heteroatoms. The van der Waals surface area contributed by atoms with Crippen LogP contribution < -0.4 is 4.74 Å². The van der Waals surface area contributed by atoms with Gasteiger partial charge in [-0.05, 0) is 25.3 Å². The molecule has 0 bridgehead atoms. The van der Waals surface area contributed by atoms with Gasteiger partial charge < -0.3 is 14.7 Å². The number of amides is 1. The lowest BCUT2D eigenvalue weighted by Gasteiger charge is -2.34. The number of rotatable bonds is 2. The Hall–Kier alpha value is -2.04. The van der Waals surface area contributed by atoms with E-state index in [1.807, 2.05) is 29.2 Å². The summed E-state index contributed by atoms with van der Waals surface area (Å²) in [7, 11) is 0. The van der Waals surface area contributed by atoms with Crippen molar-refractivity contribution in [2.75, 3.05) is 19.7 Å². The first-order valence-corrected chi connectivity index (χ1v) is 7.40. The van der Waals surface area contributed by atoms with E-state index in [9.17, 15) is 9.59 Å². The number of carbonyl (C=O) groups excluding carboxylic acids is 1. The third kappa shape index (κ3) is 2.73. The molecule has 5 nitrogen and oxygen atoms in total. The van der Waals surface area contributed by atoms with Crippen LogP contribution in [0.4, 0.5) is 0 Å². The standard InChI is InChI=1S/C16H19NO4/c18-15(17-8-5-11(6-9-17)16(19)20)13-7-10-21-14-4-2-1-3-12(13)14/h1-4,11,13H,5-10H2,(H,19,20). The summed E-state index contributed by atoms with van der Waals surface area (Å²) < 4.78 is 5.59. The van der Waals surface area contributed by atoms with Crippen molar-refractivity contribution in [2.45, 2.75) is 25.2 Å². The van der Waals surface area contributed by atoms with Crippen molar-refractivity contribution < 1.29 is 19.4 Å². The van der Waals surface area contributed by atoms with Crippen LogP contribution in [0.5, 0.6) is 5.75 Å². The van der Waals surface area contributed by atoms with Crippen molar-refractivity contribution in [3.05, 3.63) is 29.8 Å². The summed E-state index contributed by atoms with van der Waals surface area (Å²) in [5.74, 6) is -0.317. The van der Waals surface area contributed by atoms with E-state index in [2.05, 4.69) is 0 Å². The van der Waals surface area contributed by atoms with Crippen LogP contribution in [0, 0.1) is 5.92 Å². The lowest BCUT2D eigenvalue weighted by molar-refractivity contribution is -0.146. The fourth-order valence-electron chi connectivity index (χ4n) is 3.17. The summed E-state index contributed by atoms with van der Waals surface area (Å²) in [6.07, 6.45) is 1.78. The van der Waals surface area contributed by atoms with E-state index in [1.54, 1.807) is 0 Å². The van der Waals surface area contributed by atoms with E-state index in [-0.39, 0.29) is 17.7 Å². The van der Waals surface area contributed by atoms with E-state index in [0.29, 0.717) is 39.0 Å². The molecule has 1 N–H and O–H groups in total. The van der Waals surface area contributed by atoms with Gasteiger partial charge in [-0.15, -0.1) is 0 Å². The van der Waals surface area contributed by atoms with Crippen LogP contribution in [0.2, 0.25) is 0 Å². The second-order valence-corrected chi connectivity index (χ2v) is 5.67. The van der Waals surface area contributed by atoms with E-state index >= 15 is 0 Å². The fourth-order valence-corrected chi connectivity index (χ4v) is 3.17. The maximum Gasteiger partial charge on any atom is 0.306 e. The summed E-state index contributed by atoms with van der Waals surface area (Å²) >= 11 is 0. The molecule has 0 spiro atoms.